The Morgan fingerprint density at radius 2 is 2.36 bits per heavy atom. The summed E-state index contributed by atoms with van der Waals surface area (Å²) in [5.74, 6) is 4.54. The SMILES string of the molecule is Cc1ccc2nc(C(=O)NN)nn2c1. The largest absolute Gasteiger partial charge is 0.304 e. The molecule has 6 heteroatoms. The minimum atomic E-state index is -0.494. The summed E-state index contributed by atoms with van der Waals surface area (Å²) in [6.45, 7) is 1.93. The van der Waals surface area contributed by atoms with Gasteiger partial charge in [-0.25, -0.2) is 15.3 Å². The zero-order chi connectivity index (χ0) is 10.1. The first-order valence-electron chi connectivity index (χ1n) is 4.04. The van der Waals surface area contributed by atoms with Crippen LogP contribution in [0.25, 0.3) is 5.65 Å². The van der Waals surface area contributed by atoms with Gasteiger partial charge in [-0.15, -0.1) is 5.10 Å². The topological polar surface area (TPSA) is 85.3 Å². The Morgan fingerprint density at radius 3 is 3.07 bits per heavy atom. The molecule has 0 aromatic carbocycles. The molecular weight excluding hydrogens is 182 g/mol. The molecular formula is C8H9N5O. The quantitative estimate of drug-likeness (QED) is 0.366. The highest BCUT2D eigenvalue weighted by atomic mass is 16.2. The molecule has 6 nitrogen and oxygen atoms in total. The van der Waals surface area contributed by atoms with Gasteiger partial charge >= 0.3 is 5.91 Å². The predicted octanol–water partition coefficient (Wildman–Crippen LogP) is -0.359. The van der Waals surface area contributed by atoms with E-state index in [0.29, 0.717) is 5.65 Å². The summed E-state index contributed by atoms with van der Waals surface area (Å²) in [5, 5.41) is 3.96. The molecule has 14 heavy (non-hydrogen) atoms. The van der Waals surface area contributed by atoms with E-state index in [4.69, 9.17) is 5.84 Å². The number of pyridine rings is 1. The lowest BCUT2D eigenvalue weighted by atomic mass is 10.3. The number of nitrogen functional groups attached to an aromatic ring is 1. The summed E-state index contributed by atoms with van der Waals surface area (Å²) in [6.07, 6.45) is 1.79. The van der Waals surface area contributed by atoms with Crippen LogP contribution in [0.4, 0.5) is 0 Å². The molecule has 72 valence electrons. The van der Waals surface area contributed by atoms with Gasteiger partial charge in [-0.3, -0.25) is 10.2 Å². The lowest BCUT2D eigenvalue weighted by Crippen LogP contribution is -2.30. The molecule has 0 radical (unpaired) electrons. The highest BCUT2D eigenvalue weighted by Gasteiger charge is 2.10. The van der Waals surface area contributed by atoms with Crippen LogP contribution in [0.1, 0.15) is 16.2 Å². The summed E-state index contributed by atoms with van der Waals surface area (Å²) >= 11 is 0. The van der Waals surface area contributed by atoms with E-state index in [1.807, 2.05) is 18.4 Å². The molecule has 0 spiro atoms. The van der Waals surface area contributed by atoms with E-state index in [-0.39, 0.29) is 5.82 Å². The Kier molecular flexibility index (Phi) is 1.90. The van der Waals surface area contributed by atoms with Gasteiger partial charge in [0.15, 0.2) is 5.65 Å². The number of hydrazine groups is 1. The standard InChI is InChI=1S/C8H9N5O/c1-5-2-3-6-10-7(8(14)11-9)12-13(6)4-5/h2-4H,9H2,1H3,(H,11,14). The number of nitrogens with one attached hydrogen (secondary N) is 1. The number of hydrogen-bond donors (Lipinski definition) is 2. The number of rotatable bonds is 1. The molecule has 2 aromatic rings. The number of fused-ring (bicyclic) bond motifs is 1. The third-order valence-electron chi connectivity index (χ3n) is 1.81. The van der Waals surface area contributed by atoms with Crippen molar-refractivity contribution >= 4 is 11.6 Å². The van der Waals surface area contributed by atoms with Gasteiger partial charge in [-0.05, 0) is 18.6 Å². The average molecular weight is 191 g/mol. The zero-order valence-electron chi connectivity index (χ0n) is 7.56. The number of aryl methyl sites for hydroxylation is 1. The van der Waals surface area contributed by atoms with Crippen LogP contribution >= 0.6 is 0 Å². The maximum absolute atomic E-state index is 11.1. The molecule has 0 fully saturated rings. The minimum Gasteiger partial charge on any atom is -0.287 e. The molecule has 0 aliphatic carbocycles. The van der Waals surface area contributed by atoms with Crippen molar-refractivity contribution in [2.75, 3.05) is 0 Å². The average Bonchev–Trinajstić information content (AvgIpc) is 2.59. The number of aromatic nitrogens is 3. The normalized spacial score (nSPS) is 10.4. The van der Waals surface area contributed by atoms with E-state index >= 15 is 0 Å². The predicted molar refractivity (Wildman–Crippen MR) is 49.4 cm³/mol. The van der Waals surface area contributed by atoms with E-state index in [1.54, 1.807) is 16.8 Å². The van der Waals surface area contributed by atoms with Gasteiger partial charge in [0.05, 0.1) is 0 Å². The highest BCUT2D eigenvalue weighted by molar-refractivity contribution is 5.90. The first-order valence-corrected chi connectivity index (χ1v) is 4.04. The zero-order valence-corrected chi connectivity index (χ0v) is 7.56. The van der Waals surface area contributed by atoms with Crippen molar-refractivity contribution < 1.29 is 4.79 Å². The minimum absolute atomic E-state index is 0.0677. The van der Waals surface area contributed by atoms with Crippen molar-refractivity contribution in [3.8, 4) is 0 Å². The Morgan fingerprint density at radius 1 is 1.57 bits per heavy atom. The summed E-state index contributed by atoms with van der Waals surface area (Å²) < 4.78 is 1.54. The van der Waals surface area contributed by atoms with Gasteiger partial charge < -0.3 is 0 Å². The fourth-order valence-corrected chi connectivity index (χ4v) is 1.15. The molecule has 3 N–H and O–H groups in total. The van der Waals surface area contributed by atoms with Crippen LogP contribution in [0.2, 0.25) is 0 Å². The van der Waals surface area contributed by atoms with Crippen LogP contribution in [0.5, 0.6) is 0 Å². The monoisotopic (exact) mass is 191 g/mol. The molecule has 1 amide bonds. The van der Waals surface area contributed by atoms with Crippen LogP contribution in [-0.2, 0) is 0 Å². The molecule has 0 saturated carbocycles. The molecule has 0 bridgehead atoms. The Labute approximate surface area is 79.7 Å². The van der Waals surface area contributed by atoms with Crippen molar-refractivity contribution in [3.05, 3.63) is 29.7 Å². The first kappa shape index (κ1) is 8.64. The second-order valence-electron chi connectivity index (χ2n) is 2.92. The highest BCUT2D eigenvalue weighted by Crippen LogP contribution is 2.03. The van der Waals surface area contributed by atoms with Crippen molar-refractivity contribution in [3.63, 3.8) is 0 Å². The molecule has 0 aliphatic heterocycles. The lowest BCUT2D eigenvalue weighted by Gasteiger charge is -1.91. The second kappa shape index (κ2) is 3.08. The van der Waals surface area contributed by atoms with Gasteiger partial charge in [-0.1, -0.05) is 6.07 Å². The van der Waals surface area contributed by atoms with Crippen LogP contribution in [0.3, 0.4) is 0 Å². The maximum Gasteiger partial charge on any atom is 0.304 e. The summed E-state index contributed by atoms with van der Waals surface area (Å²) in [5.41, 5.74) is 3.64. The Hall–Kier alpha value is -1.95. The third kappa shape index (κ3) is 1.31. The van der Waals surface area contributed by atoms with Crippen molar-refractivity contribution in [2.45, 2.75) is 6.92 Å². The van der Waals surface area contributed by atoms with Gasteiger partial charge in [0, 0.05) is 6.20 Å². The molecule has 2 rings (SSSR count). The molecule has 2 heterocycles. The van der Waals surface area contributed by atoms with Gasteiger partial charge in [0.2, 0.25) is 5.82 Å². The molecule has 0 saturated heterocycles. The number of hydrogen-bond acceptors (Lipinski definition) is 4. The van der Waals surface area contributed by atoms with E-state index in [0.717, 1.165) is 5.56 Å². The van der Waals surface area contributed by atoms with Gasteiger partial charge in [-0.2, -0.15) is 0 Å². The van der Waals surface area contributed by atoms with E-state index in [2.05, 4.69) is 10.1 Å². The van der Waals surface area contributed by atoms with Gasteiger partial charge in [0.1, 0.15) is 0 Å². The third-order valence-corrected chi connectivity index (χ3v) is 1.81. The summed E-state index contributed by atoms with van der Waals surface area (Å²) in [4.78, 5) is 15.1. The van der Waals surface area contributed by atoms with E-state index in [1.165, 1.54) is 0 Å². The lowest BCUT2D eigenvalue weighted by molar-refractivity contribution is 0.0943. The second-order valence-corrected chi connectivity index (χ2v) is 2.92. The number of carbonyl (C=O) groups is 1. The Balaban J connectivity index is 2.56. The van der Waals surface area contributed by atoms with E-state index in [9.17, 15) is 4.79 Å². The van der Waals surface area contributed by atoms with Gasteiger partial charge in [0.25, 0.3) is 0 Å². The van der Waals surface area contributed by atoms with Crippen molar-refractivity contribution in [2.24, 2.45) is 5.84 Å². The molecule has 2 aromatic heterocycles. The number of nitrogens with two attached hydrogens (primary N) is 1. The molecule has 0 atom stereocenters. The van der Waals surface area contributed by atoms with Crippen molar-refractivity contribution in [1.82, 2.24) is 20.0 Å². The fourth-order valence-electron chi connectivity index (χ4n) is 1.15. The summed E-state index contributed by atoms with van der Waals surface area (Å²) in [7, 11) is 0. The number of nitrogens with zero attached hydrogens (tertiary/aromatic N) is 3. The van der Waals surface area contributed by atoms with Crippen LogP contribution in [0.15, 0.2) is 18.3 Å². The Bertz CT molecular complexity index is 489. The molecule has 0 aliphatic rings. The van der Waals surface area contributed by atoms with Crippen molar-refractivity contribution in [1.29, 1.82) is 0 Å². The van der Waals surface area contributed by atoms with E-state index < -0.39 is 5.91 Å². The van der Waals surface area contributed by atoms with Crippen LogP contribution < -0.4 is 11.3 Å². The maximum atomic E-state index is 11.1. The number of carbonyl (C=O) groups excluding carboxylic acids is 1. The fraction of sp³-hybridized carbons (Fsp3) is 0.125. The van der Waals surface area contributed by atoms with Crippen LogP contribution in [0, 0.1) is 6.92 Å². The number of amides is 1. The van der Waals surface area contributed by atoms with Crippen LogP contribution in [-0.4, -0.2) is 20.5 Å². The smallest absolute Gasteiger partial charge is 0.287 e. The first-order chi connectivity index (χ1) is 6.70. The molecule has 0 unspecified atom stereocenters. The summed E-state index contributed by atoms with van der Waals surface area (Å²) in [6, 6.07) is 3.68.